The van der Waals surface area contributed by atoms with Crippen LogP contribution in [0.15, 0.2) is 24.3 Å². The molecule has 0 atom stereocenters. The van der Waals surface area contributed by atoms with E-state index in [2.05, 4.69) is 29.4 Å². The Morgan fingerprint density at radius 3 is 2.58 bits per heavy atom. The second kappa shape index (κ2) is 4.89. The van der Waals surface area contributed by atoms with E-state index >= 15 is 0 Å². The SMILES string of the molecule is CC(C)n1c(CN2CCCC2)cc2cc(O)ccc21. The van der Waals surface area contributed by atoms with E-state index < -0.39 is 0 Å². The van der Waals surface area contributed by atoms with Crippen molar-refractivity contribution in [1.82, 2.24) is 9.47 Å². The van der Waals surface area contributed by atoms with Crippen molar-refractivity contribution in [2.24, 2.45) is 0 Å². The number of fused-ring (bicyclic) bond motifs is 1. The number of rotatable bonds is 3. The van der Waals surface area contributed by atoms with Crippen LogP contribution in [0.2, 0.25) is 0 Å². The van der Waals surface area contributed by atoms with Gasteiger partial charge in [-0.15, -0.1) is 0 Å². The summed E-state index contributed by atoms with van der Waals surface area (Å²) in [6.45, 7) is 7.89. The van der Waals surface area contributed by atoms with Crippen molar-refractivity contribution < 1.29 is 5.11 Å². The average Bonchev–Trinajstić information content (AvgIpc) is 2.95. The highest BCUT2D eigenvalue weighted by molar-refractivity contribution is 5.83. The van der Waals surface area contributed by atoms with Crippen molar-refractivity contribution in [3.8, 4) is 5.75 Å². The van der Waals surface area contributed by atoms with Gasteiger partial charge >= 0.3 is 0 Å². The van der Waals surface area contributed by atoms with E-state index in [0.717, 1.165) is 11.9 Å². The lowest BCUT2D eigenvalue weighted by Crippen LogP contribution is -2.21. The van der Waals surface area contributed by atoms with E-state index in [4.69, 9.17) is 0 Å². The lowest BCUT2D eigenvalue weighted by molar-refractivity contribution is 0.319. The minimum atomic E-state index is 0.348. The van der Waals surface area contributed by atoms with Crippen molar-refractivity contribution in [3.05, 3.63) is 30.0 Å². The quantitative estimate of drug-likeness (QED) is 0.912. The number of nitrogens with zero attached hydrogens (tertiary/aromatic N) is 2. The standard InChI is InChI=1S/C16H22N2O/c1-12(2)18-14(11-17-7-3-4-8-17)9-13-10-15(19)5-6-16(13)18/h5-6,9-10,12,19H,3-4,7-8,11H2,1-2H3. The highest BCUT2D eigenvalue weighted by atomic mass is 16.3. The molecule has 1 aliphatic heterocycles. The van der Waals surface area contributed by atoms with Crippen molar-refractivity contribution in [2.75, 3.05) is 13.1 Å². The molecule has 0 aliphatic carbocycles. The smallest absolute Gasteiger partial charge is 0.116 e. The monoisotopic (exact) mass is 258 g/mol. The summed E-state index contributed by atoms with van der Waals surface area (Å²) in [7, 11) is 0. The maximum absolute atomic E-state index is 9.63. The Morgan fingerprint density at radius 2 is 1.89 bits per heavy atom. The fraction of sp³-hybridized carbons (Fsp3) is 0.500. The maximum Gasteiger partial charge on any atom is 0.116 e. The lowest BCUT2D eigenvalue weighted by atomic mass is 10.2. The molecule has 0 bridgehead atoms. The van der Waals surface area contributed by atoms with Crippen molar-refractivity contribution in [2.45, 2.75) is 39.3 Å². The van der Waals surface area contributed by atoms with Gasteiger partial charge in [0.15, 0.2) is 0 Å². The van der Waals surface area contributed by atoms with Crippen LogP contribution >= 0.6 is 0 Å². The average molecular weight is 258 g/mol. The first-order valence-corrected chi connectivity index (χ1v) is 7.20. The zero-order chi connectivity index (χ0) is 13.4. The molecule has 1 aliphatic rings. The Labute approximate surface area is 114 Å². The Bertz CT molecular complexity index is 580. The second-order valence-electron chi connectivity index (χ2n) is 5.83. The summed E-state index contributed by atoms with van der Waals surface area (Å²) in [5.74, 6) is 0.348. The van der Waals surface area contributed by atoms with E-state index in [1.165, 1.54) is 37.1 Å². The largest absolute Gasteiger partial charge is 0.508 e. The van der Waals surface area contributed by atoms with Crippen LogP contribution in [-0.4, -0.2) is 27.7 Å². The van der Waals surface area contributed by atoms with Crippen LogP contribution in [0.3, 0.4) is 0 Å². The van der Waals surface area contributed by atoms with Gasteiger partial charge < -0.3 is 9.67 Å². The first-order valence-electron chi connectivity index (χ1n) is 7.20. The molecule has 3 rings (SSSR count). The summed E-state index contributed by atoms with van der Waals surface area (Å²) in [4.78, 5) is 2.52. The van der Waals surface area contributed by atoms with Gasteiger partial charge in [0.1, 0.15) is 5.75 Å². The van der Waals surface area contributed by atoms with Gasteiger partial charge in [-0.2, -0.15) is 0 Å². The number of benzene rings is 1. The lowest BCUT2D eigenvalue weighted by Gasteiger charge is -2.19. The van der Waals surface area contributed by atoms with E-state index in [1.54, 1.807) is 6.07 Å². The van der Waals surface area contributed by atoms with Gasteiger partial charge in [-0.1, -0.05) is 0 Å². The van der Waals surface area contributed by atoms with Crippen LogP contribution in [0.4, 0.5) is 0 Å². The minimum Gasteiger partial charge on any atom is -0.508 e. The zero-order valence-corrected chi connectivity index (χ0v) is 11.8. The first-order chi connectivity index (χ1) is 9.15. The number of phenolic OH excluding ortho intramolecular Hbond substituents is 1. The van der Waals surface area contributed by atoms with Gasteiger partial charge in [-0.3, -0.25) is 4.90 Å². The number of likely N-dealkylation sites (tertiary alicyclic amines) is 1. The van der Waals surface area contributed by atoms with Crippen molar-refractivity contribution >= 4 is 10.9 Å². The molecule has 3 heteroatoms. The Morgan fingerprint density at radius 1 is 1.16 bits per heavy atom. The molecule has 2 heterocycles. The molecule has 1 aromatic heterocycles. The fourth-order valence-corrected chi connectivity index (χ4v) is 3.18. The third kappa shape index (κ3) is 2.35. The zero-order valence-electron chi connectivity index (χ0n) is 11.8. The molecule has 0 unspecified atom stereocenters. The second-order valence-corrected chi connectivity index (χ2v) is 5.83. The molecule has 19 heavy (non-hydrogen) atoms. The van der Waals surface area contributed by atoms with Gasteiger partial charge in [0.25, 0.3) is 0 Å². The number of hydrogen-bond donors (Lipinski definition) is 1. The Balaban J connectivity index is 2.03. The molecular formula is C16H22N2O. The van der Waals surface area contributed by atoms with Crippen molar-refractivity contribution in [3.63, 3.8) is 0 Å². The van der Waals surface area contributed by atoms with E-state index in [0.29, 0.717) is 11.8 Å². The van der Waals surface area contributed by atoms with Crippen LogP contribution in [0.1, 0.15) is 38.4 Å². The van der Waals surface area contributed by atoms with Gasteiger partial charge in [-0.05, 0) is 64.0 Å². The predicted molar refractivity (Wildman–Crippen MR) is 78.5 cm³/mol. The molecule has 102 valence electrons. The number of aromatic nitrogens is 1. The molecule has 0 radical (unpaired) electrons. The van der Waals surface area contributed by atoms with Crippen LogP contribution in [-0.2, 0) is 6.54 Å². The van der Waals surface area contributed by atoms with Crippen LogP contribution < -0.4 is 0 Å². The van der Waals surface area contributed by atoms with Gasteiger partial charge in [0.2, 0.25) is 0 Å². The fourth-order valence-electron chi connectivity index (χ4n) is 3.18. The summed E-state index contributed by atoms with van der Waals surface area (Å²) < 4.78 is 2.40. The third-order valence-electron chi connectivity index (χ3n) is 4.00. The van der Waals surface area contributed by atoms with E-state index in [-0.39, 0.29) is 0 Å². The highest BCUT2D eigenvalue weighted by Gasteiger charge is 2.17. The normalized spacial score (nSPS) is 16.8. The topological polar surface area (TPSA) is 28.4 Å². The van der Waals surface area contributed by atoms with Crippen LogP contribution in [0.25, 0.3) is 10.9 Å². The van der Waals surface area contributed by atoms with Gasteiger partial charge in [0.05, 0.1) is 0 Å². The minimum absolute atomic E-state index is 0.348. The molecule has 2 aromatic rings. The summed E-state index contributed by atoms with van der Waals surface area (Å²) in [5.41, 5.74) is 2.58. The molecule has 1 saturated heterocycles. The third-order valence-corrected chi connectivity index (χ3v) is 4.00. The Hall–Kier alpha value is -1.48. The summed E-state index contributed by atoms with van der Waals surface area (Å²) in [5, 5.41) is 10.8. The number of hydrogen-bond acceptors (Lipinski definition) is 2. The summed E-state index contributed by atoms with van der Waals surface area (Å²) in [6.07, 6.45) is 2.64. The highest BCUT2D eigenvalue weighted by Crippen LogP contribution is 2.28. The summed E-state index contributed by atoms with van der Waals surface area (Å²) >= 11 is 0. The first kappa shape index (κ1) is 12.5. The molecular weight excluding hydrogens is 236 g/mol. The van der Waals surface area contributed by atoms with E-state index in [1.807, 2.05) is 12.1 Å². The number of phenols is 1. The van der Waals surface area contributed by atoms with Gasteiger partial charge in [0, 0.05) is 29.2 Å². The van der Waals surface area contributed by atoms with E-state index in [9.17, 15) is 5.11 Å². The van der Waals surface area contributed by atoms with Gasteiger partial charge in [-0.25, -0.2) is 0 Å². The van der Waals surface area contributed by atoms with Crippen molar-refractivity contribution in [1.29, 1.82) is 0 Å². The predicted octanol–water partition coefficient (Wildman–Crippen LogP) is 3.52. The van der Waals surface area contributed by atoms with Crippen LogP contribution in [0, 0.1) is 0 Å². The molecule has 3 nitrogen and oxygen atoms in total. The summed E-state index contributed by atoms with van der Waals surface area (Å²) in [6, 6.07) is 8.34. The molecule has 1 N–H and O–H groups in total. The Kier molecular flexibility index (Phi) is 3.23. The maximum atomic E-state index is 9.63. The molecule has 1 fully saturated rings. The molecule has 1 aromatic carbocycles. The number of aromatic hydroxyl groups is 1. The molecule has 0 amide bonds. The van der Waals surface area contributed by atoms with Crippen LogP contribution in [0.5, 0.6) is 5.75 Å². The molecule has 0 saturated carbocycles. The molecule has 0 spiro atoms.